The summed E-state index contributed by atoms with van der Waals surface area (Å²) in [6.07, 6.45) is 3.23. The number of hydrogen-bond donors (Lipinski definition) is 2. The lowest BCUT2D eigenvalue weighted by Crippen LogP contribution is -2.43. The van der Waals surface area contributed by atoms with Crippen LogP contribution in [0.1, 0.15) is 19.5 Å². The van der Waals surface area contributed by atoms with Crippen molar-refractivity contribution >= 4 is 39.7 Å². The molecule has 4 rings (SSSR count). The molecule has 2 aromatic heterocycles. The molecular formula is C26H29ClN6O2. The molecule has 0 radical (unpaired) electrons. The number of benzene rings is 2. The number of nitrogens with one attached hydrogen (secondary N) is 1. The average molecular weight is 493 g/mol. The summed E-state index contributed by atoms with van der Waals surface area (Å²) in [6, 6.07) is 14.8. The molecule has 0 bridgehead atoms. The van der Waals surface area contributed by atoms with Gasteiger partial charge in [-0.05, 0) is 64.3 Å². The van der Waals surface area contributed by atoms with Crippen LogP contribution in [0.3, 0.4) is 0 Å². The van der Waals surface area contributed by atoms with Gasteiger partial charge in [0, 0.05) is 28.9 Å². The molecule has 3 N–H and O–H groups in total. The molecule has 8 nitrogen and oxygen atoms in total. The predicted molar refractivity (Wildman–Crippen MR) is 141 cm³/mol. The number of pyridine rings is 1. The number of anilines is 3. The van der Waals surface area contributed by atoms with Crippen LogP contribution in [0.2, 0.25) is 5.02 Å². The molecule has 0 saturated carbocycles. The Morgan fingerprint density at radius 2 is 1.83 bits per heavy atom. The molecular weight excluding hydrogens is 464 g/mol. The van der Waals surface area contributed by atoms with Gasteiger partial charge in [-0.1, -0.05) is 17.7 Å². The van der Waals surface area contributed by atoms with Gasteiger partial charge in [0.2, 0.25) is 0 Å². The number of nitrogen functional groups attached to an aromatic ring is 1. The van der Waals surface area contributed by atoms with Crippen molar-refractivity contribution < 1.29 is 9.47 Å². The van der Waals surface area contributed by atoms with E-state index in [1.165, 1.54) is 6.33 Å². The highest BCUT2D eigenvalue weighted by molar-refractivity contribution is 6.32. The maximum atomic E-state index is 6.46. The van der Waals surface area contributed by atoms with Crippen LogP contribution >= 0.6 is 11.6 Å². The highest BCUT2D eigenvalue weighted by Gasteiger charge is 2.22. The summed E-state index contributed by atoms with van der Waals surface area (Å²) in [4.78, 5) is 15.2. The maximum absolute atomic E-state index is 6.46. The standard InChI is InChI=1S/C26H29ClN6O2/c1-26(2,33(3)4)15-35-24-13-22-19(12-21(24)28)25(31-16-30-22)32-17-8-9-23(20(27)11-17)34-14-18-7-5-6-10-29-18/h5-13,16H,14-15,28H2,1-4H3,(H,30,31,32). The van der Waals surface area contributed by atoms with Gasteiger partial charge in [0.1, 0.15) is 36.9 Å². The Kier molecular flexibility index (Phi) is 7.23. The summed E-state index contributed by atoms with van der Waals surface area (Å²) in [6.45, 7) is 5.03. The summed E-state index contributed by atoms with van der Waals surface area (Å²) in [7, 11) is 4.04. The number of nitrogens with zero attached hydrogens (tertiary/aromatic N) is 4. The van der Waals surface area contributed by atoms with Gasteiger partial charge in [-0.15, -0.1) is 0 Å². The zero-order valence-electron chi connectivity index (χ0n) is 20.2. The molecule has 0 atom stereocenters. The number of ether oxygens (including phenoxy) is 2. The van der Waals surface area contributed by atoms with Crippen LogP contribution in [0.4, 0.5) is 17.2 Å². The lowest BCUT2D eigenvalue weighted by molar-refractivity contribution is 0.114. The molecule has 182 valence electrons. The quantitative estimate of drug-likeness (QED) is 0.304. The Hall–Kier alpha value is -3.62. The molecule has 35 heavy (non-hydrogen) atoms. The first-order valence-corrected chi connectivity index (χ1v) is 11.5. The fraction of sp³-hybridized carbons (Fsp3) is 0.269. The van der Waals surface area contributed by atoms with Crippen molar-refractivity contribution in [2.45, 2.75) is 26.0 Å². The van der Waals surface area contributed by atoms with E-state index in [1.54, 1.807) is 12.3 Å². The Labute approximate surface area is 210 Å². The van der Waals surface area contributed by atoms with Crippen LogP contribution in [0.5, 0.6) is 11.5 Å². The lowest BCUT2D eigenvalue weighted by atomic mass is 10.1. The minimum atomic E-state index is -0.146. The van der Waals surface area contributed by atoms with E-state index in [1.807, 2.05) is 56.6 Å². The van der Waals surface area contributed by atoms with E-state index in [4.69, 9.17) is 26.8 Å². The Morgan fingerprint density at radius 1 is 1.00 bits per heavy atom. The van der Waals surface area contributed by atoms with Crippen molar-refractivity contribution in [3.8, 4) is 11.5 Å². The number of rotatable bonds is 9. The van der Waals surface area contributed by atoms with Gasteiger partial charge in [0.25, 0.3) is 0 Å². The van der Waals surface area contributed by atoms with Crippen LogP contribution in [0.25, 0.3) is 10.9 Å². The Bertz CT molecular complexity index is 1310. The van der Waals surface area contributed by atoms with Crippen molar-refractivity contribution in [3.63, 3.8) is 0 Å². The highest BCUT2D eigenvalue weighted by atomic mass is 35.5. The first-order valence-electron chi connectivity index (χ1n) is 11.2. The largest absolute Gasteiger partial charge is 0.489 e. The summed E-state index contributed by atoms with van der Waals surface area (Å²) < 4.78 is 11.8. The molecule has 4 aromatic rings. The summed E-state index contributed by atoms with van der Waals surface area (Å²) in [5.74, 6) is 1.77. The molecule has 0 spiro atoms. The molecule has 0 unspecified atom stereocenters. The van der Waals surface area contributed by atoms with Gasteiger partial charge in [-0.25, -0.2) is 9.97 Å². The normalized spacial score (nSPS) is 11.6. The molecule has 0 amide bonds. The van der Waals surface area contributed by atoms with E-state index < -0.39 is 0 Å². The molecule has 0 aliphatic heterocycles. The number of halogens is 1. The van der Waals surface area contributed by atoms with E-state index in [9.17, 15) is 0 Å². The number of nitrogens with two attached hydrogens (primary N) is 1. The minimum Gasteiger partial charge on any atom is -0.489 e. The van der Waals surface area contributed by atoms with Crippen molar-refractivity contribution in [1.29, 1.82) is 0 Å². The fourth-order valence-electron chi connectivity index (χ4n) is 3.18. The molecule has 0 fully saturated rings. The Morgan fingerprint density at radius 3 is 2.54 bits per heavy atom. The number of likely N-dealkylation sites (N-methyl/N-ethyl adjacent to an activating group) is 1. The van der Waals surface area contributed by atoms with Crippen molar-refractivity contribution in [1.82, 2.24) is 19.9 Å². The van der Waals surface area contributed by atoms with E-state index in [0.717, 1.165) is 22.3 Å². The van der Waals surface area contributed by atoms with Gasteiger partial charge in [0.15, 0.2) is 0 Å². The van der Waals surface area contributed by atoms with Crippen LogP contribution in [0, 0.1) is 0 Å². The molecule has 0 aliphatic rings. The number of fused-ring (bicyclic) bond motifs is 1. The monoisotopic (exact) mass is 492 g/mol. The van der Waals surface area contributed by atoms with Crippen molar-refractivity contribution in [2.75, 3.05) is 31.8 Å². The number of aromatic nitrogens is 3. The lowest BCUT2D eigenvalue weighted by Gasteiger charge is -2.32. The van der Waals surface area contributed by atoms with Crippen molar-refractivity contribution in [3.05, 3.63) is 71.8 Å². The maximum Gasteiger partial charge on any atom is 0.144 e. The molecule has 0 aliphatic carbocycles. The van der Waals surface area contributed by atoms with Gasteiger partial charge in [-0.3, -0.25) is 4.98 Å². The third-order valence-electron chi connectivity index (χ3n) is 5.85. The van der Waals surface area contributed by atoms with Crippen LogP contribution in [-0.2, 0) is 6.61 Å². The zero-order chi connectivity index (χ0) is 25.0. The van der Waals surface area contributed by atoms with E-state index in [-0.39, 0.29) is 5.54 Å². The highest BCUT2D eigenvalue weighted by Crippen LogP contribution is 2.34. The molecule has 2 aromatic carbocycles. The first-order chi connectivity index (χ1) is 16.7. The predicted octanol–water partition coefficient (Wildman–Crippen LogP) is 5.30. The summed E-state index contributed by atoms with van der Waals surface area (Å²) >= 11 is 6.46. The van der Waals surface area contributed by atoms with E-state index >= 15 is 0 Å². The minimum absolute atomic E-state index is 0.146. The Balaban J connectivity index is 1.51. The second-order valence-corrected chi connectivity index (χ2v) is 9.41. The third kappa shape index (κ3) is 5.90. The smallest absolute Gasteiger partial charge is 0.144 e. The van der Waals surface area contributed by atoms with Crippen LogP contribution in [0.15, 0.2) is 61.1 Å². The van der Waals surface area contributed by atoms with Crippen molar-refractivity contribution in [2.24, 2.45) is 0 Å². The zero-order valence-corrected chi connectivity index (χ0v) is 21.0. The second-order valence-electron chi connectivity index (χ2n) is 9.00. The van der Waals surface area contributed by atoms with Gasteiger partial charge >= 0.3 is 0 Å². The van der Waals surface area contributed by atoms with Crippen LogP contribution in [-0.4, -0.2) is 46.1 Å². The van der Waals surface area contributed by atoms with Crippen LogP contribution < -0.4 is 20.5 Å². The average Bonchev–Trinajstić information content (AvgIpc) is 2.83. The SMILES string of the molecule is CN(C)C(C)(C)COc1cc2ncnc(Nc3ccc(OCc4ccccn4)c(Cl)c3)c2cc1N. The number of hydrogen-bond acceptors (Lipinski definition) is 8. The topological polar surface area (TPSA) is 98.4 Å². The van der Waals surface area contributed by atoms with E-state index in [2.05, 4.69) is 39.0 Å². The van der Waals surface area contributed by atoms with Gasteiger partial charge in [0.05, 0.1) is 21.9 Å². The summed E-state index contributed by atoms with van der Waals surface area (Å²) in [5.41, 5.74) is 8.98. The van der Waals surface area contributed by atoms with E-state index in [0.29, 0.717) is 41.2 Å². The molecule has 9 heteroatoms. The first kappa shape index (κ1) is 24.5. The molecule has 0 saturated heterocycles. The van der Waals surface area contributed by atoms with Gasteiger partial charge < -0.3 is 25.4 Å². The molecule has 2 heterocycles. The second kappa shape index (κ2) is 10.3. The summed E-state index contributed by atoms with van der Waals surface area (Å²) in [5, 5.41) is 4.55. The fourth-order valence-corrected chi connectivity index (χ4v) is 3.41. The third-order valence-corrected chi connectivity index (χ3v) is 6.15. The van der Waals surface area contributed by atoms with Gasteiger partial charge in [-0.2, -0.15) is 0 Å².